The molecule has 4 rings (SSSR count). The highest BCUT2D eigenvalue weighted by Gasteiger charge is 2.46. The summed E-state index contributed by atoms with van der Waals surface area (Å²) < 4.78 is 10.8. The third-order valence-corrected chi connectivity index (χ3v) is 8.59. The molecule has 0 aliphatic carbocycles. The van der Waals surface area contributed by atoms with Crippen LogP contribution in [0.1, 0.15) is 64.1 Å². The first-order chi connectivity index (χ1) is 20.0. The van der Waals surface area contributed by atoms with Crippen LogP contribution in [-0.2, 0) is 4.74 Å². The van der Waals surface area contributed by atoms with Gasteiger partial charge in [0.05, 0.1) is 23.9 Å². The Labute approximate surface area is 253 Å². The first-order valence-corrected chi connectivity index (χ1v) is 15.1. The Hall–Kier alpha value is -3.30. The van der Waals surface area contributed by atoms with E-state index in [1.165, 1.54) is 7.11 Å². The average Bonchev–Trinajstić information content (AvgIpc) is 2.96. The van der Waals surface area contributed by atoms with Crippen LogP contribution in [0.25, 0.3) is 17.0 Å². The summed E-state index contributed by atoms with van der Waals surface area (Å²) in [5.41, 5.74) is 3.48. The number of rotatable bonds is 10. The van der Waals surface area contributed by atoms with E-state index in [0.717, 1.165) is 43.7 Å². The standard InChI is InChI=1S/C32H43ClN4O5/c1-7-9-22(38)17-42-23-10-11-25(33)24(16-23)29-34-28(27(20(3)4)26(39)8-2)21(5)30(35-29)37-18-32(19-37)12-14-36(15-13-32)31(40)41-6/h10-11,16,22,38-39H,3,7-9,12-15,17-19H2,1-2,4-6H3/b27-26+/t22-/m1/s1. The molecule has 1 spiro atoms. The second kappa shape index (κ2) is 13.3. The summed E-state index contributed by atoms with van der Waals surface area (Å²) in [7, 11) is 1.42. The predicted molar refractivity (Wildman–Crippen MR) is 166 cm³/mol. The highest BCUT2D eigenvalue weighted by atomic mass is 35.5. The minimum absolute atomic E-state index is 0.103. The van der Waals surface area contributed by atoms with Crippen molar-refractivity contribution < 1.29 is 24.5 Å². The summed E-state index contributed by atoms with van der Waals surface area (Å²) in [6.45, 7) is 15.0. The molecule has 0 saturated carbocycles. The van der Waals surface area contributed by atoms with E-state index in [1.807, 2.05) is 27.7 Å². The lowest BCUT2D eigenvalue weighted by Gasteiger charge is -2.54. The Kier molecular flexibility index (Phi) is 10.0. The van der Waals surface area contributed by atoms with Gasteiger partial charge in [-0.2, -0.15) is 0 Å². The number of carbonyl (C=O) groups is 1. The van der Waals surface area contributed by atoms with Crippen molar-refractivity contribution in [1.29, 1.82) is 0 Å². The molecule has 3 heterocycles. The molecule has 228 valence electrons. The number of carbonyl (C=O) groups excluding carboxylic acids is 1. The Morgan fingerprint density at radius 2 is 1.90 bits per heavy atom. The Morgan fingerprint density at radius 1 is 1.21 bits per heavy atom. The van der Waals surface area contributed by atoms with Crippen molar-refractivity contribution in [2.45, 2.75) is 65.9 Å². The highest BCUT2D eigenvalue weighted by Crippen LogP contribution is 2.45. The Bertz CT molecular complexity index is 1340. The van der Waals surface area contributed by atoms with Crippen molar-refractivity contribution in [3.8, 4) is 17.1 Å². The van der Waals surface area contributed by atoms with Crippen molar-refractivity contribution in [2.24, 2.45) is 5.41 Å². The first-order valence-electron chi connectivity index (χ1n) is 14.7. The minimum atomic E-state index is -0.554. The number of aliphatic hydroxyl groups is 2. The molecule has 42 heavy (non-hydrogen) atoms. The zero-order valence-electron chi connectivity index (χ0n) is 25.4. The predicted octanol–water partition coefficient (Wildman–Crippen LogP) is 6.57. The van der Waals surface area contributed by atoms with Crippen LogP contribution in [0.5, 0.6) is 5.75 Å². The summed E-state index contributed by atoms with van der Waals surface area (Å²) >= 11 is 6.69. The molecule has 2 aliphatic rings. The van der Waals surface area contributed by atoms with Gasteiger partial charge in [0.15, 0.2) is 5.82 Å². The molecule has 1 aromatic heterocycles. The monoisotopic (exact) mass is 598 g/mol. The molecule has 9 nitrogen and oxygen atoms in total. The van der Waals surface area contributed by atoms with E-state index in [2.05, 4.69) is 11.5 Å². The zero-order chi connectivity index (χ0) is 30.6. The molecular weight excluding hydrogens is 556 g/mol. The van der Waals surface area contributed by atoms with Gasteiger partial charge in [0.1, 0.15) is 23.9 Å². The fraction of sp³-hybridized carbons (Fsp3) is 0.531. The lowest BCUT2D eigenvalue weighted by Crippen LogP contribution is -2.61. The maximum atomic E-state index is 12.0. The number of likely N-dealkylation sites (tertiary alicyclic amines) is 1. The topological polar surface area (TPSA) is 108 Å². The van der Waals surface area contributed by atoms with Crippen LogP contribution >= 0.6 is 11.6 Å². The van der Waals surface area contributed by atoms with Gasteiger partial charge in [-0.25, -0.2) is 14.8 Å². The smallest absolute Gasteiger partial charge is 0.409 e. The molecule has 2 saturated heterocycles. The molecule has 2 fully saturated rings. The van der Waals surface area contributed by atoms with Crippen LogP contribution in [0.2, 0.25) is 5.02 Å². The van der Waals surface area contributed by atoms with Gasteiger partial charge in [-0.1, -0.05) is 38.4 Å². The Balaban J connectivity index is 1.71. The number of ether oxygens (including phenoxy) is 2. The Morgan fingerprint density at radius 3 is 2.50 bits per heavy atom. The van der Waals surface area contributed by atoms with Gasteiger partial charge in [-0.3, -0.25) is 0 Å². The highest BCUT2D eigenvalue weighted by molar-refractivity contribution is 6.33. The molecule has 2 aliphatic heterocycles. The fourth-order valence-electron chi connectivity index (χ4n) is 5.84. The maximum absolute atomic E-state index is 12.0. The number of hydrogen-bond donors (Lipinski definition) is 2. The van der Waals surface area contributed by atoms with Crippen LogP contribution < -0.4 is 9.64 Å². The summed E-state index contributed by atoms with van der Waals surface area (Å²) in [5, 5.41) is 21.5. The van der Waals surface area contributed by atoms with Gasteiger partial charge >= 0.3 is 6.09 Å². The summed E-state index contributed by atoms with van der Waals surface area (Å²) in [5.74, 6) is 1.97. The number of allylic oxidation sites excluding steroid dienone is 3. The van der Waals surface area contributed by atoms with E-state index in [4.69, 9.17) is 31.0 Å². The number of aliphatic hydroxyl groups excluding tert-OH is 2. The average molecular weight is 599 g/mol. The van der Waals surface area contributed by atoms with Gasteiger partial charge in [-0.15, -0.1) is 0 Å². The number of halogens is 1. The lowest BCUT2D eigenvalue weighted by molar-refractivity contribution is 0.0621. The molecule has 1 atom stereocenters. The number of aromatic nitrogens is 2. The third-order valence-electron chi connectivity index (χ3n) is 8.26. The van der Waals surface area contributed by atoms with Gasteiger partial charge in [-0.05, 0) is 56.9 Å². The molecule has 0 radical (unpaired) electrons. The fourth-order valence-corrected chi connectivity index (χ4v) is 6.04. The van der Waals surface area contributed by atoms with E-state index in [1.54, 1.807) is 23.1 Å². The SMILES string of the molecule is C=C(C)/C(=C(\O)CC)c1nc(-c2cc(OC[C@H](O)CCC)ccc2Cl)nc(N2CC3(CCN(C(=O)OC)CC3)C2)c1C. The molecule has 2 aromatic rings. The second-order valence-corrected chi connectivity index (χ2v) is 11.9. The van der Waals surface area contributed by atoms with Crippen LogP contribution in [-0.4, -0.2) is 77.2 Å². The summed E-state index contributed by atoms with van der Waals surface area (Å²) in [6, 6.07) is 5.30. The van der Waals surface area contributed by atoms with Gasteiger partial charge in [0.25, 0.3) is 0 Å². The lowest BCUT2D eigenvalue weighted by atomic mass is 9.72. The van der Waals surface area contributed by atoms with Crippen LogP contribution in [0.3, 0.4) is 0 Å². The van der Waals surface area contributed by atoms with Crippen molar-refractivity contribution in [3.63, 3.8) is 0 Å². The van der Waals surface area contributed by atoms with E-state index in [9.17, 15) is 15.0 Å². The summed E-state index contributed by atoms with van der Waals surface area (Å²) in [6.07, 6.45) is 2.91. The number of hydrogen-bond acceptors (Lipinski definition) is 8. The minimum Gasteiger partial charge on any atom is -0.512 e. The van der Waals surface area contributed by atoms with Crippen molar-refractivity contribution >= 4 is 29.1 Å². The number of piperidine rings is 1. The van der Waals surface area contributed by atoms with Gasteiger partial charge in [0, 0.05) is 54.7 Å². The third kappa shape index (κ3) is 6.68. The quantitative estimate of drug-likeness (QED) is 0.233. The molecule has 0 unspecified atom stereocenters. The molecular formula is C32H43ClN4O5. The molecule has 10 heteroatoms. The van der Waals surface area contributed by atoms with E-state index in [-0.39, 0.29) is 23.9 Å². The van der Waals surface area contributed by atoms with Crippen molar-refractivity contribution in [3.05, 3.63) is 52.4 Å². The van der Waals surface area contributed by atoms with Crippen LogP contribution in [0.4, 0.5) is 10.6 Å². The first kappa shape index (κ1) is 31.6. The summed E-state index contributed by atoms with van der Waals surface area (Å²) in [4.78, 5) is 26.0. The van der Waals surface area contributed by atoms with Gasteiger partial charge in [0.2, 0.25) is 0 Å². The van der Waals surface area contributed by atoms with Crippen molar-refractivity contribution in [1.82, 2.24) is 14.9 Å². The van der Waals surface area contributed by atoms with E-state index in [0.29, 0.717) is 64.9 Å². The molecule has 0 bridgehead atoms. The van der Waals surface area contributed by atoms with E-state index < -0.39 is 6.10 Å². The number of methoxy groups -OCH3 is 1. The maximum Gasteiger partial charge on any atom is 0.409 e. The van der Waals surface area contributed by atoms with E-state index >= 15 is 0 Å². The van der Waals surface area contributed by atoms with Crippen molar-refractivity contribution in [2.75, 3.05) is 44.8 Å². The number of nitrogens with zero attached hydrogens (tertiary/aromatic N) is 4. The number of anilines is 1. The largest absolute Gasteiger partial charge is 0.512 e. The van der Waals surface area contributed by atoms with Gasteiger partial charge < -0.3 is 29.5 Å². The second-order valence-electron chi connectivity index (χ2n) is 11.5. The zero-order valence-corrected chi connectivity index (χ0v) is 26.1. The molecule has 1 amide bonds. The molecule has 1 aromatic carbocycles. The van der Waals surface area contributed by atoms with Crippen LogP contribution in [0.15, 0.2) is 36.1 Å². The van der Waals surface area contributed by atoms with Crippen LogP contribution in [0, 0.1) is 12.3 Å². The normalized spacial score (nSPS) is 17.4. The number of benzene rings is 1. The number of amides is 1. The molecule has 2 N–H and O–H groups in total.